The van der Waals surface area contributed by atoms with E-state index in [2.05, 4.69) is 12.1 Å². The minimum Gasteiger partial charge on any atom is -0.500 e. The van der Waals surface area contributed by atoms with Crippen LogP contribution in [-0.4, -0.2) is 16.2 Å². The third kappa shape index (κ3) is 1.00. The monoisotopic (exact) mass is 136 g/mol. The Kier molecular flexibility index (Phi) is 1.46. The molecule has 1 aromatic carbocycles. The van der Waals surface area contributed by atoms with E-state index in [1.807, 2.05) is 0 Å². The SMILES string of the molecule is O=C(O)c1ccc#cc1O. The summed E-state index contributed by atoms with van der Waals surface area (Å²) in [6.45, 7) is 0. The summed E-state index contributed by atoms with van der Waals surface area (Å²) in [5, 5.41) is 17.2. The molecule has 0 radical (unpaired) electrons. The second-order valence-electron chi connectivity index (χ2n) is 1.67. The Morgan fingerprint density at radius 3 is 2.70 bits per heavy atom. The summed E-state index contributed by atoms with van der Waals surface area (Å²) < 4.78 is 0. The van der Waals surface area contributed by atoms with E-state index < -0.39 is 5.97 Å². The van der Waals surface area contributed by atoms with E-state index in [-0.39, 0.29) is 11.3 Å². The fraction of sp³-hybridized carbons (Fsp3) is 0. The molecule has 0 heterocycles. The standard InChI is InChI=1S/C7H4O3/c8-6-4-2-1-3-5(6)7(9)10/h1,3,8H,(H,9,10). The third-order valence-corrected chi connectivity index (χ3v) is 1.01. The van der Waals surface area contributed by atoms with E-state index in [4.69, 9.17) is 10.2 Å². The van der Waals surface area contributed by atoms with E-state index in [1.165, 1.54) is 12.1 Å². The van der Waals surface area contributed by atoms with E-state index in [9.17, 15) is 4.79 Å². The maximum Gasteiger partial charge on any atom is 0.340 e. The molecule has 0 amide bonds. The van der Waals surface area contributed by atoms with Gasteiger partial charge in [-0.3, -0.25) is 0 Å². The first-order valence-electron chi connectivity index (χ1n) is 2.56. The number of carbonyl (C=O) groups is 1. The van der Waals surface area contributed by atoms with E-state index >= 15 is 0 Å². The van der Waals surface area contributed by atoms with Gasteiger partial charge >= 0.3 is 5.97 Å². The number of hydrogen-bond acceptors (Lipinski definition) is 2. The molecule has 1 rings (SSSR count). The second-order valence-corrected chi connectivity index (χ2v) is 1.67. The van der Waals surface area contributed by atoms with E-state index in [0.717, 1.165) is 0 Å². The zero-order chi connectivity index (χ0) is 7.56. The predicted molar refractivity (Wildman–Crippen MR) is 32.7 cm³/mol. The Balaban J connectivity index is 3.15. The topological polar surface area (TPSA) is 57.5 Å². The van der Waals surface area contributed by atoms with Crippen LogP contribution >= 0.6 is 0 Å². The number of carboxylic acid groups (broad SMARTS) is 1. The Bertz CT molecular complexity index is 255. The van der Waals surface area contributed by atoms with Gasteiger partial charge in [-0.15, -0.1) is 0 Å². The van der Waals surface area contributed by atoms with Crippen molar-refractivity contribution in [2.75, 3.05) is 0 Å². The van der Waals surface area contributed by atoms with Crippen molar-refractivity contribution >= 4 is 5.97 Å². The molecule has 1 aromatic rings. The Morgan fingerprint density at radius 2 is 2.30 bits per heavy atom. The first kappa shape index (κ1) is 6.43. The van der Waals surface area contributed by atoms with Crippen LogP contribution in [0.4, 0.5) is 0 Å². The van der Waals surface area contributed by atoms with Crippen LogP contribution in [0, 0.1) is 12.1 Å². The van der Waals surface area contributed by atoms with Crippen LogP contribution in [0.5, 0.6) is 5.75 Å². The summed E-state index contributed by atoms with van der Waals surface area (Å²) in [5.41, 5.74) is -0.154. The molecular formula is C7H4O3. The average molecular weight is 136 g/mol. The molecule has 0 bridgehead atoms. The van der Waals surface area contributed by atoms with Crippen molar-refractivity contribution in [1.29, 1.82) is 0 Å². The highest BCUT2D eigenvalue weighted by Crippen LogP contribution is 2.10. The molecule has 0 aromatic heterocycles. The highest BCUT2D eigenvalue weighted by Gasteiger charge is 2.05. The van der Waals surface area contributed by atoms with E-state index in [0.29, 0.717) is 0 Å². The largest absolute Gasteiger partial charge is 0.500 e. The molecular weight excluding hydrogens is 132 g/mol. The lowest BCUT2D eigenvalue weighted by Crippen LogP contribution is -1.94. The molecule has 0 aliphatic carbocycles. The van der Waals surface area contributed by atoms with Crippen molar-refractivity contribution in [3.8, 4) is 5.75 Å². The van der Waals surface area contributed by atoms with Crippen molar-refractivity contribution in [2.24, 2.45) is 0 Å². The lowest BCUT2D eigenvalue weighted by Gasteiger charge is -1.91. The van der Waals surface area contributed by atoms with Crippen LogP contribution in [0.3, 0.4) is 0 Å². The fourth-order valence-corrected chi connectivity index (χ4v) is 0.554. The normalized spacial score (nSPS) is 8.40. The smallest absolute Gasteiger partial charge is 0.340 e. The van der Waals surface area contributed by atoms with Crippen LogP contribution in [0.1, 0.15) is 10.4 Å². The summed E-state index contributed by atoms with van der Waals surface area (Å²) in [6.07, 6.45) is 0. The molecule has 50 valence electrons. The van der Waals surface area contributed by atoms with Gasteiger partial charge in [0.25, 0.3) is 0 Å². The Hall–Kier alpha value is -1.69. The molecule has 10 heavy (non-hydrogen) atoms. The molecule has 0 saturated carbocycles. The van der Waals surface area contributed by atoms with Crippen LogP contribution < -0.4 is 0 Å². The van der Waals surface area contributed by atoms with Gasteiger partial charge in [-0.1, -0.05) is 6.07 Å². The first-order chi connectivity index (χ1) is 4.72. The molecule has 0 unspecified atom stereocenters. The highest BCUT2D eigenvalue weighted by atomic mass is 16.4. The van der Waals surface area contributed by atoms with Gasteiger partial charge in [0.05, 0.1) is 0 Å². The number of aromatic carboxylic acids is 1. The minimum absolute atomic E-state index is 0.154. The highest BCUT2D eigenvalue weighted by molar-refractivity contribution is 5.90. The van der Waals surface area contributed by atoms with Gasteiger partial charge in [0.1, 0.15) is 5.56 Å². The van der Waals surface area contributed by atoms with Gasteiger partial charge in [0, 0.05) is 0 Å². The molecule has 0 aliphatic rings. The van der Waals surface area contributed by atoms with Crippen LogP contribution in [-0.2, 0) is 0 Å². The van der Waals surface area contributed by atoms with Crippen LogP contribution in [0.25, 0.3) is 0 Å². The van der Waals surface area contributed by atoms with Gasteiger partial charge in [0.2, 0.25) is 0 Å². The predicted octanol–water partition coefficient (Wildman–Crippen LogP) is 0.691. The average Bonchev–Trinajstić information content (AvgIpc) is 1.88. The lowest BCUT2D eigenvalue weighted by molar-refractivity contribution is 0.0694. The molecule has 0 atom stereocenters. The lowest BCUT2D eigenvalue weighted by atomic mass is 10.2. The number of aromatic hydroxyl groups is 1. The summed E-state index contributed by atoms with van der Waals surface area (Å²) >= 11 is 0. The van der Waals surface area contributed by atoms with Crippen LogP contribution in [0.2, 0.25) is 0 Å². The second kappa shape index (κ2) is 2.28. The zero-order valence-corrected chi connectivity index (χ0v) is 4.96. The molecule has 0 spiro atoms. The van der Waals surface area contributed by atoms with Gasteiger partial charge in [-0.25, -0.2) is 4.79 Å². The molecule has 2 N–H and O–H groups in total. The van der Waals surface area contributed by atoms with Crippen molar-refractivity contribution < 1.29 is 15.0 Å². The van der Waals surface area contributed by atoms with Gasteiger partial charge < -0.3 is 10.2 Å². The van der Waals surface area contributed by atoms with Gasteiger partial charge in [-0.2, -0.15) is 0 Å². The third-order valence-electron chi connectivity index (χ3n) is 1.01. The maximum atomic E-state index is 10.2. The fourth-order valence-electron chi connectivity index (χ4n) is 0.554. The number of hydrogen-bond donors (Lipinski definition) is 2. The number of rotatable bonds is 1. The van der Waals surface area contributed by atoms with Crippen LogP contribution in [0.15, 0.2) is 12.1 Å². The molecule has 0 aliphatic heterocycles. The summed E-state index contributed by atoms with van der Waals surface area (Å²) in [5.74, 6) is -1.54. The minimum atomic E-state index is -1.16. The van der Waals surface area contributed by atoms with Gasteiger partial charge in [0.15, 0.2) is 5.75 Å². The van der Waals surface area contributed by atoms with Crippen molar-refractivity contribution in [3.63, 3.8) is 0 Å². The Morgan fingerprint density at radius 1 is 1.60 bits per heavy atom. The molecule has 3 heteroatoms. The van der Waals surface area contributed by atoms with Gasteiger partial charge in [-0.05, 0) is 18.2 Å². The zero-order valence-electron chi connectivity index (χ0n) is 4.96. The Labute approximate surface area is 57.5 Å². The summed E-state index contributed by atoms with van der Waals surface area (Å²) in [4.78, 5) is 10.2. The number of carboxylic acids is 1. The molecule has 0 fully saturated rings. The quantitative estimate of drug-likeness (QED) is 0.597. The first-order valence-corrected chi connectivity index (χ1v) is 2.56. The molecule has 0 saturated heterocycles. The molecule has 3 nitrogen and oxygen atoms in total. The van der Waals surface area contributed by atoms with E-state index in [1.54, 1.807) is 0 Å². The van der Waals surface area contributed by atoms with Crippen molar-refractivity contribution in [1.82, 2.24) is 0 Å². The maximum absolute atomic E-state index is 10.2. The van der Waals surface area contributed by atoms with Crippen molar-refractivity contribution in [2.45, 2.75) is 0 Å². The van der Waals surface area contributed by atoms with Crippen molar-refractivity contribution in [3.05, 3.63) is 29.8 Å². The summed E-state index contributed by atoms with van der Waals surface area (Å²) in [6, 6.07) is 7.28. The summed E-state index contributed by atoms with van der Waals surface area (Å²) in [7, 11) is 0.